The Morgan fingerprint density at radius 1 is 1.17 bits per heavy atom. The third-order valence-electron chi connectivity index (χ3n) is 5.91. The van der Waals surface area contributed by atoms with E-state index in [0.717, 1.165) is 61.7 Å². The number of H-pyrrole nitrogens is 1. The summed E-state index contributed by atoms with van der Waals surface area (Å²) in [5, 5.41) is 7.93. The zero-order valence-corrected chi connectivity index (χ0v) is 18.2. The van der Waals surface area contributed by atoms with E-state index in [0.29, 0.717) is 12.6 Å². The van der Waals surface area contributed by atoms with Crippen LogP contribution in [-0.2, 0) is 11.3 Å². The molecule has 3 N–H and O–H groups in total. The third-order valence-corrected chi connectivity index (χ3v) is 5.91. The molecule has 7 nitrogen and oxygen atoms in total. The molecule has 0 amide bonds. The Kier molecular flexibility index (Phi) is 6.50. The lowest BCUT2D eigenvalue weighted by molar-refractivity contribution is -0.362. The first-order valence-corrected chi connectivity index (χ1v) is 11.0. The second-order valence-corrected chi connectivity index (χ2v) is 7.85. The summed E-state index contributed by atoms with van der Waals surface area (Å²) in [5.41, 5.74) is 4.45. The highest BCUT2D eigenvalue weighted by Gasteiger charge is 2.20. The minimum atomic E-state index is 0.411. The molecule has 7 heteroatoms. The van der Waals surface area contributed by atoms with Crippen LogP contribution in [0.25, 0.3) is 11.0 Å². The minimum absolute atomic E-state index is 0.411. The molecular formula is C23H33N6O+. The fourth-order valence-corrected chi connectivity index (χ4v) is 4.30. The Hall–Kier alpha value is -2.64. The largest absolute Gasteiger partial charge is 0.396 e. The molecule has 30 heavy (non-hydrogen) atoms. The first kappa shape index (κ1) is 20.6. The van der Waals surface area contributed by atoms with Crippen molar-refractivity contribution in [3.63, 3.8) is 0 Å². The number of nitrogens with zero attached hydrogens (tertiary/aromatic N) is 3. The van der Waals surface area contributed by atoms with E-state index in [9.17, 15) is 0 Å². The van der Waals surface area contributed by atoms with Crippen LogP contribution in [-0.4, -0.2) is 42.8 Å². The van der Waals surface area contributed by atoms with Crippen LogP contribution < -0.4 is 20.5 Å². The second kappa shape index (κ2) is 9.45. The van der Waals surface area contributed by atoms with Crippen molar-refractivity contribution in [1.82, 2.24) is 14.9 Å². The Bertz CT molecular complexity index is 958. The SMILES string of the molecule is CCC(CC)n1c(COC)cc2c[nH+]c(Nc3ccc(N4CCNCC4)cc3)nc21. The van der Waals surface area contributed by atoms with Crippen molar-refractivity contribution in [1.29, 1.82) is 0 Å². The molecular weight excluding hydrogens is 376 g/mol. The smallest absolute Gasteiger partial charge is 0.378 e. The van der Waals surface area contributed by atoms with Gasteiger partial charge >= 0.3 is 5.95 Å². The van der Waals surface area contributed by atoms with Crippen LogP contribution in [0, 0.1) is 0 Å². The predicted molar refractivity (Wildman–Crippen MR) is 121 cm³/mol. The third kappa shape index (κ3) is 4.27. The van der Waals surface area contributed by atoms with Crippen LogP contribution >= 0.6 is 0 Å². The van der Waals surface area contributed by atoms with Gasteiger partial charge in [-0.15, -0.1) is 0 Å². The van der Waals surface area contributed by atoms with Gasteiger partial charge in [-0.1, -0.05) is 18.8 Å². The molecule has 160 valence electrons. The van der Waals surface area contributed by atoms with Gasteiger partial charge in [0.15, 0.2) is 0 Å². The first-order valence-electron chi connectivity index (χ1n) is 11.0. The summed E-state index contributed by atoms with van der Waals surface area (Å²) in [4.78, 5) is 10.6. The summed E-state index contributed by atoms with van der Waals surface area (Å²) in [6, 6.07) is 11.2. The number of methoxy groups -OCH3 is 1. The molecule has 0 spiro atoms. The maximum atomic E-state index is 5.44. The van der Waals surface area contributed by atoms with Crippen molar-refractivity contribution in [3.8, 4) is 0 Å². The lowest BCUT2D eigenvalue weighted by Crippen LogP contribution is -2.43. The summed E-state index contributed by atoms with van der Waals surface area (Å²) in [6.07, 6.45) is 4.15. The molecule has 0 atom stereocenters. The van der Waals surface area contributed by atoms with Crippen LogP contribution in [0.2, 0.25) is 0 Å². The number of nitrogens with one attached hydrogen (secondary N) is 3. The molecule has 1 aromatic carbocycles. The molecule has 1 fully saturated rings. The Morgan fingerprint density at radius 3 is 2.57 bits per heavy atom. The molecule has 0 saturated carbocycles. The Balaban J connectivity index is 1.59. The van der Waals surface area contributed by atoms with E-state index in [1.54, 1.807) is 7.11 Å². The lowest BCUT2D eigenvalue weighted by Gasteiger charge is -2.29. The number of benzene rings is 1. The van der Waals surface area contributed by atoms with Gasteiger partial charge in [0, 0.05) is 50.7 Å². The molecule has 0 radical (unpaired) electrons. The van der Waals surface area contributed by atoms with Gasteiger partial charge in [0.25, 0.3) is 0 Å². The number of fused-ring (bicyclic) bond motifs is 1. The van der Waals surface area contributed by atoms with Crippen molar-refractivity contribution in [2.45, 2.75) is 39.3 Å². The van der Waals surface area contributed by atoms with Gasteiger partial charge in [-0.05, 0) is 43.2 Å². The number of ether oxygens (including phenoxy) is 1. The van der Waals surface area contributed by atoms with Crippen LogP contribution in [0.15, 0.2) is 36.5 Å². The summed E-state index contributed by atoms with van der Waals surface area (Å²) in [6.45, 7) is 9.23. The number of aromatic nitrogens is 3. The molecule has 0 aliphatic carbocycles. The first-order chi connectivity index (χ1) is 14.7. The quantitative estimate of drug-likeness (QED) is 0.596. The van der Waals surface area contributed by atoms with Crippen molar-refractivity contribution >= 4 is 28.4 Å². The number of hydrogen-bond acceptors (Lipinski definition) is 5. The van der Waals surface area contributed by atoms with Crippen LogP contribution in [0.3, 0.4) is 0 Å². The molecule has 4 rings (SSSR count). The van der Waals surface area contributed by atoms with Crippen molar-refractivity contribution in [2.24, 2.45) is 0 Å². The maximum Gasteiger partial charge on any atom is 0.396 e. The van der Waals surface area contributed by atoms with E-state index < -0.39 is 0 Å². The molecule has 0 bridgehead atoms. The topological polar surface area (TPSA) is 68.5 Å². The maximum absolute atomic E-state index is 5.44. The number of hydrogen-bond donors (Lipinski definition) is 2. The minimum Gasteiger partial charge on any atom is -0.378 e. The van der Waals surface area contributed by atoms with Gasteiger partial charge in [-0.3, -0.25) is 0 Å². The van der Waals surface area contributed by atoms with Gasteiger partial charge in [0.05, 0.1) is 23.9 Å². The number of aromatic amines is 1. The van der Waals surface area contributed by atoms with Crippen molar-refractivity contribution in [3.05, 3.63) is 42.2 Å². The summed E-state index contributed by atoms with van der Waals surface area (Å²) >= 11 is 0. The van der Waals surface area contributed by atoms with Crippen molar-refractivity contribution < 1.29 is 9.72 Å². The Labute approximate surface area is 178 Å². The highest BCUT2D eigenvalue weighted by Crippen LogP contribution is 2.27. The summed E-state index contributed by atoms with van der Waals surface area (Å²) in [5.74, 6) is 0.742. The predicted octanol–water partition coefficient (Wildman–Crippen LogP) is 3.51. The fourth-order valence-electron chi connectivity index (χ4n) is 4.30. The summed E-state index contributed by atoms with van der Waals surface area (Å²) < 4.78 is 7.78. The molecule has 1 aliphatic heterocycles. The number of rotatable bonds is 8. The van der Waals surface area contributed by atoms with Gasteiger partial charge in [-0.25, -0.2) is 10.3 Å². The van der Waals surface area contributed by atoms with E-state index in [1.807, 2.05) is 6.20 Å². The van der Waals surface area contributed by atoms with Gasteiger partial charge in [0.1, 0.15) is 0 Å². The second-order valence-electron chi connectivity index (χ2n) is 7.85. The van der Waals surface area contributed by atoms with E-state index in [2.05, 4.69) is 69.3 Å². The molecule has 3 heterocycles. The van der Waals surface area contributed by atoms with Gasteiger partial charge < -0.3 is 19.5 Å². The van der Waals surface area contributed by atoms with E-state index in [4.69, 9.17) is 9.72 Å². The van der Waals surface area contributed by atoms with Gasteiger partial charge in [0.2, 0.25) is 5.65 Å². The normalized spacial score (nSPS) is 14.6. The van der Waals surface area contributed by atoms with E-state index >= 15 is 0 Å². The van der Waals surface area contributed by atoms with Crippen LogP contribution in [0.1, 0.15) is 38.4 Å². The molecule has 1 saturated heterocycles. The monoisotopic (exact) mass is 409 g/mol. The van der Waals surface area contributed by atoms with Crippen LogP contribution in [0.5, 0.6) is 0 Å². The standard InChI is InChI=1S/C23H32N6O/c1-4-19(5-2)29-21(16-30-3)14-17-15-25-23(27-22(17)29)26-18-6-8-20(9-7-18)28-12-10-24-11-13-28/h6-9,14-15,19,24H,4-5,10-13,16H2,1-3H3,(H,25,26,27)/p+1. The molecule has 0 unspecified atom stereocenters. The lowest BCUT2D eigenvalue weighted by atomic mass is 10.1. The van der Waals surface area contributed by atoms with Crippen molar-refractivity contribution in [2.75, 3.05) is 43.5 Å². The fraction of sp³-hybridized carbons (Fsp3) is 0.478. The zero-order chi connectivity index (χ0) is 20.9. The molecule has 1 aliphatic rings. The average Bonchev–Trinajstić information content (AvgIpc) is 3.14. The number of piperazine rings is 1. The van der Waals surface area contributed by atoms with E-state index in [-0.39, 0.29) is 0 Å². The number of anilines is 3. The molecule has 2 aromatic heterocycles. The Morgan fingerprint density at radius 2 is 1.90 bits per heavy atom. The average molecular weight is 410 g/mol. The highest BCUT2D eigenvalue weighted by molar-refractivity contribution is 5.77. The highest BCUT2D eigenvalue weighted by atomic mass is 16.5. The van der Waals surface area contributed by atoms with Gasteiger partial charge in [-0.2, -0.15) is 0 Å². The van der Waals surface area contributed by atoms with E-state index in [1.165, 1.54) is 11.4 Å². The van der Waals surface area contributed by atoms with Crippen LogP contribution in [0.4, 0.5) is 17.3 Å². The molecule has 3 aromatic rings. The zero-order valence-electron chi connectivity index (χ0n) is 18.2. The summed E-state index contributed by atoms with van der Waals surface area (Å²) in [7, 11) is 1.74.